The highest BCUT2D eigenvalue weighted by Crippen LogP contribution is 2.40. The fourth-order valence-corrected chi connectivity index (χ4v) is 2.19. The molecule has 1 aromatic rings. The largest absolute Gasteiger partial charge is 0.483 e. The van der Waals surface area contributed by atoms with Crippen molar-refractivity contribution >= 4 is 11.8 Å². The number of carbonyl (C=O) groups excluding carboxylic acids is 2. The molecule has 2 N–H and O–H groups in total. The Morgan fingerprint density at radius 2 is 2.17 bits per heavy atom. The van der Waals surface area contributed by atoms with Crippen molar-refractivity contribution in [1.82, 2.24) is 5.32 Å². The van der Waals surface area contributed by atoms with Crippen LogP contribution < -0.4 is 14.8 Å². The van der Waals surface area contributed by atoms with Gasteiger partial charge in [-0.05, 0) is 6.07 Å². The van der Waals surface area contributed by atoms with E-state index in [4.69, 9.17) is 9.47 Å². The first-order chi connectivity index (χ1) is 8.65. The number of fused-ring (bicyclic) bond motifs is 1. The fourth-order valence-electron chi connectivity index (χ4n) is 2.19. The van der Waals surface area contributed by atoms with Crippen molar-refractivity contribution in [2.45, 2.75) is 18.6 Å². The maximum absolute atomic E-state index is 11.7. The second kappa shape index (κ2) is 3.99. The van der Waals surface area contributed by atoms with Crippen LogP contribution in [0, 0.1) is 0 Å². The van der Waals surface area contributed by atoms with E-state index in [1.807, 2.05) is 0 Å². The van der Waals surface area contributed by atoms with E-state index in [1.165, 1.54) is 0 Å². The van der Waals surface area contributed by atoms with Crippen molar-refractivity contribution in [1.29, 1.82) is 0 Å². The lowest BCUT2D eigenvalue weighted by Crippen LogP contribution is -2.29. The number of benzene rings is 1. The van der Waals surface area contributed by atoms with Gasteiger partial charge in [0, 0.05) is 12.0 Å². The van der Waals surface area contributed by atoms with Crippen LogP contribution in [-0.4, -0.2) is 29.8 Å². The minimum atomic E-state index is -1.01. The van der Waals surface area contributed by atoms with Gasteiger partial charge in [0.2, 0.25) is 18.1 Å². The molecule has 0 bridgehead atoms. The molecule has 1 saturated heterocycles. The number of hydrogen-bond acceptors (Lipinski definition) is 5. The van der Waals surface area contributed by atoms with Gasteiger partial charge >= 0.3 is 0 Å². The van der Waals surface area contributed by atoms with Gasteiger partial charge < -0.3 is 14.6 Å². The van der Waals surface area contributed by atoms with Gasteiger partial charge in [-0.2, -0.15) is 0 Å². The molecule has 2 aliphatic heterocycles. The number of imide groups is 1. The van der Waals surface area contributed by atoms with E-state index in [0.29, 0.717) is 17.1 Å². The first-order valence-electron chi connectivity index (χ1n) is 5.59. The van der Waals surface area contributed by atoms with Crippen molar-refractivity contribution in [3.63, 3.8) is 0 Å². The average Bonchev–Trinajstić information content (AvgIpc) is 2.67. The highest BCUT2D eigenvalue weighted by atomic mass is 16.7. The first-order valence-corrected chi connectivity index (χ1v) is 5.59. The number of hydrogen-bond donors (Lipinski definition) is 2. The molecule has 2 heterocycles. The van der Waals surface area contributed by atoms with E-state index in [0.717, 1.165) is 0 Å². The zero-order chi connectivity index (χ0) is 12.7. The molecule has 1 aromatic carbocycles. The third kappa shape index (κ3) is 1.70. The van der Waals surface area contributed by atoms with Crippen LogP contribution in [0.4, 0.5) is 0 Å². The summed E-state index contributed by atoms with van der Waals surface area (Å²) in [5.41, 5.74) is 0.614. The Labute approximate surface area is 103 Å². The highest BCUT2D eigenvalue weighted by molar-refractivity contribution is 6.06. The van der Waals surface area contributed by atoms with Gasteiger partial charge in [0.1, 0.15) is 0 Å². The molecule has 0 radical (unpaired) electrons. The molecule has 18 heavy (non-hydrogen) atoms. The number of aliphatic hydroxyl groups is 1. The molecule has 6 heteroatoms. The summed E-state index contributed by atoms with van der Waals surface area (Å²) < 4.78 is 10.6. The van der Waals surface area contributed by atoms with Crippen LogP contribution in [0.5, 0.6) is 11.5 Å². The van der Waals surface area contributed by atoms with Gasteiger partial charge in [-0.1, -0.05) is 12.1 Å². The smallest absolute Gasteiger partial charge is 0.234 e. The Morgan fingerprint density at radius 3 is 2.89 bits per heavy atom. The zero-order valence-electron chi connectivity index (χ0n) is 9.38. The Morgan fingerprint density at radius 1 is 1.33 bits per heavy atom. The molecule has 2 unspecified atom stereocenters. The molecule has 0 saturated carbocycles. The molecule has 94 valence electrons. The summed E-state index contributed by atoms with van der Waals surface area (Å²) in [6.07, 6.45) is -0.895. The molecular weight excluding hydrogens is 238 g/mol. The van der Waals surface area contributed by atoms with Crippen molar-refractivity contribution < 1.29 is 24.2 Å². The van der Waals surface area contributed by atoms with Gasteiger partial charge in [0.25, 0.3) is 0 Å². The maximum Gasteiger partial charge on any atom is 0.234 e. The molecule has 0 aromatic heterocycles. The molecular formula is C12H11NO5. The number of nitrogens with one attached hydrogen (secondary N) is 1. The van der Waals surface area contributed by atoms with Gasteiger partial charge in [-0.3, -0.25) is 14.9 Å². The Bertz CT molecular complexity index is 527. The van der Waals surface area contributed by atoms with Crippen LogP contribution in [0.25, 0.3) is 0 Å². The molecule has 0 spiro atoms. The lowest BCUT2D eigenvalue weighted by molar-refractivity contribution is -0.125. The third-order valence-corrected chi connectivity index (χ3v) is 2.99. The monoisotopic (exact) mass is 249 g/mol. The van der Waals surface area contributed by atoms with Crippen molar-refractivity contribution in [2.24, 2.45) is 0 Å². The summed E-state index contributed by atoms with van der Waals surface area (Å²) in [5.74, 6) is -0.357. The number of para-hydroxylation sites is 1. The van der Waals surface area contributed by atoms with Gasteiger partial charge in [-0.25, -0.2) is 0 Å². The van der Waals surface area contributed by atoms with Crippen LogP contribution >= 0.6 is 0 Å². The predicted octanol–water partition coefficient (Wildman–Crippen LogP) is -0.0937. The minimum Gasteiger partial charge on any atom is -0.483 e. The predicted molar refractivity (Wildman–Crippen MR) is 59.1 cm³/mol. The number of aliphatic hydroxyl groups excluding tert-OH is 1. The van der Waals surface area contributed by atoms with Crippen molar-refractivity contribution in [3.8, 4) is 11.5 Å². The Hall–Kier alpha value is -2.08. The van der Waals surface area contributed by atoms with Gasteiger partial charge in [-0.15, -0.1) is 0 Å². The lowest BCUT2D eigenvalue weighted by Gasteiger charge is -2.25. The normalized spacial score (nSPS) is 26.1. The highest BCUT2D eigenvalue weighted by Gasteiger charge is 2.35. The summed E-state index contributed by atoms with van der Waals surface area (Å²) in [7, 11) is 0. The van der Waals surface area contributed by atoms with Crippen molar-refractivity contribution in [3.05, 3.63) is 23.8 Å². The van der Waals surface area contributed by atoms with Crippen molar-refractivity contribution in [2.75, 3.05) is 6.61 Å². The number of ether oxygens (including phenoxy) is 2. The molecule has 2 amide bonds. The quantitative estimate of drug-likeness (QED) is 0.679. The average molecular weight is 249 g/mol. The number of amides is 2. The first kappa shape index (κ1) is 11.0. The topological polar surface area (TPSA) is 84.9 Å². The minimum absolute atomic E-state index is 0.00625. The number of carbonyl (C=O) groups is 2. The van der Waals surface area contributed by atoms with E-state index < -0.39 is 12.2 Å². The van der Waals surface area contributed by atoms with Crippen LogP contribution in [0.15, 0.2) is 18.2 Å². The molecule has 2 aliphatic rings. The second-order valence-electron chi connectivity index (χ2n) is 4.23. The van der Waals surface area contributed by atoms with Crippen LogP contribution in [-0.2, 0) is 9.59 Å². The molecule has 2 atom stereocenters. The zero-order valence-corrected chi connectivity index (χ0v) is 9.38. The van der Waals surface area contributed by atoms with Crippen LogP contribution in [0.3, 0.4) is 0 Å². The van der Waals surface area contributed by atoms with E-state index >= 15 is 0 Å². The number of rotatable bonds is 1. The summed E-state index contributed by atoms with van der Waals surface area (Å²) >= 11 is 0. The molecule has 0 aliphatic carbocycles. The SMILES string of the molecule is O=C1CC(c2cccc3c2OCC(O)O3)C(=O)N1. The summed E-state index contributed by atoms with van der Waals surface area (Å²) in [4.78, 5) is 22.9. The maximum atomic E-state index is 11.7. The Balaban J connectivity index is 2.01. The van der Waals surface area contributed by atoms with E-state index in [1.54, 1.807) is 18.2 Å². The van der Waals surface area contributed by atoms with E-state index in [9.17, 15) is 14.7 Å². The molecule has 1 fully saturated rings. The van der Waals surface area contributed by atoms with Crippen LogP contribution in [0.1, 0.15) is 17.9 Å². The summed E-state index contributed by atoms with van der Waals surface area (Å²) in [5, 5.41) is 11.6. The van der Waals surface area contributed by atoms with E-state index in [-0.39, 0.29) is 24.8 Å². The van der Waals surface area contributed by atoms with Crippen LogP contribution in [0.2, 0.25) is 0 Å². The standard InChI is InChI=1S/C12H11NO5/c14-9-4-7(12(16)13-9)6-2-1-3-8-11(6)17-5-10(15)18-8/h1-3,7,10,15H,4-5H2,(H,13,14,16). The fraction of sp³-hybridized carbons (Fsp3) is 0.333. The van der Waals surface area contributed by atoms with Gasteiger partial charge in [0.05, 0.1) is 5.92 Å². The lowest BCUT2D eigenvalue weighted by atomic mass is 9.96. The second-order valence-corrected chi connectivity index (χ2v) is 4.23. The van der Waals surface area contributed by atoms with E-state index in [2.05, 4.69) is 5.32 Å². The molecule has 3 rings (SSSR count). The molecule has 6 nitrogen and oxygen atoms in total. The van der Waals surface area contributed by atoms with Gasteiger partial charge in [0.15, 0.2) is 18.1 Å². The Kier molecular flexibility index (Phi) is 2.45. The summed E-state index contributed by atoms with van der Waals surface area (Å²) in [6, 6.07) is 5.07. The summed E-state index contributed by atoms with van der Waals surface area (Å²) in [6.45, 7) is 0.00625. The third-order valence-electron chi connectivity index (χ3n) is 2.99.